The zero-order chi connectivity index (χ0) is 16.6. The number of aromatic amines is 1. The monoisotopic (exact) mass is 311 g/mol. The number of aryl methyl sites for hydroxylation is 2. The quantitative estimate of drug-likeness (QED) is 0.718. The smallest absolute Gasteiger partial charge is 0.269 e. The van der Waals surface area contributed by atoms with E-state index in [0.717, 1.165) is 22.4 Å². The Bertz CT molecular complexity index is 906. The molecule has 7 heteroatoms. The zero-order valence-corrected chi connectivity index (χ0v) is 13.2. The lowest BCUT2D eigenvalue weighted by Crippen LogP contribution is -2.23. The van der Waals surface area contributed by atoms with Gasteiger partial charge in [0.25, 0.3) is 5.91 Å². The van der Waals surface area contributed by atoms with E-state index >= 15 is 0 Å². The Morgan fingerprint density at radius 3 is 2.78 bits per heavy atom. The van der Waals surface area contributed by atoms with Crippen LogP contribution in [-0.2, 0) is 13.6 Å². The number of Topliss-reactive ketones (excluding diaryl/α,β-unsaturated/α-hetero) is 1. The molecule has 0 aliphatic carbocycles. The lowest BCUT2D eigenvalue weighted by molar-refractivity contribution is 0.0945. The van der Waals surface area contributed by atoms with Crippen LogP contribution >= 0.6 is 0 Å². The number of benzene rings is 1. The molecule has 2 heterocycles. The molecule has 0 saturated carbocycles. The average molecular weight is 311 g/mol. The van der Waals surface area contributed by atoms with E-state index < -0.39 is 0 Å². The Morgan fingerprint density at radius 1 is 1.30 bits per heavy atom. The number of hydrogen-bond acceptors (Lipinski definition) is 4. The molecule has 0 radical (unpaired) electrons. The van der Waals surface area contributed by atoms with Crippen LogP contribution in [-0.4, -0.2) is 31.4 Å². The maximum absolute atomic E-state index is 12.1. The van der Waals surface area contributed by atoms with Crippen molar-refractivity contribution in [2.24, 2.45) is 7.05 Å². The maximum Gasteiger partial charge on any atom is 0.269 e. The minimum atomic E-state index is -0.303. The van der Waals surface area contributed by atoms with E-state index in [1.54, 1.807) is 0 Å². The van der Waals surface area contributed by atoms with Gasteiger partial charge in [0.1, 0.15) is 17.2 Å². The Morgan fingerprint density at radius 2 is 2.09 bits per heavy atom. The second-order valence-corrected chi connectivity index (χ2v) is 5.45. The molecule has 0 saturated heterocycles. The summed E-state index contributed by atoms with van der Waals surface area (Å²) in [6.07, 6.45) is 0. The number of hydrogen-bond donors (Lipinski definition) is 2. The van der Waals surface area contributed by atoms with E-state index in [0.29, 0.717) is 6.54 Å². The highest BCUT2D eigenvalue weighted by molar-refractivity contribution is 5.97. The topological polar surface area (TPSA) is 92.7 Å². The normalized spacial score (nSPS) is 10.9. The molecule has 23 heavy (non-hydrogen) atoms. The van der Waals surface area contributed by atoms with Gasteiger partial charge in [-0.1, -0.05) is 6.07 Å². The highest BCUT2D eigenvalue weighted by atomic mass is 16.2. The molecular weight excluding hydrogens is 294 g/mol. The van der Waals surface area contributed by atoms with E-state index in [-0.39, 0.29) is 23.1 Å². The minimum Gasteiger partial charge on any atom is -0.347 e. The Kier molecular flexibility index (Phi) is 3.69. The predicted octanol–water partition coefficient (Wildman–Crippen LogP) is 1.74. The third-order valence-electron chi connectivity index (χ3n) is 3.81. The van der Waals surface area contributed by atoms with Crippen molar-refractivity contribution in [3.63, 3.8) is 0 Å². The first-order chi connectivity index (χ1) is 11.0. The highest BCUT2D eigenvalue weighted by Crippen LogP contribution is 2.16. The summed E-state index contributed by atoms with van der Waals surface area (Å²) in [6, 6.07) is 7.35. The number of carbonyl (C=O) groups is 2. The van der Waals surface area contributed by atoms with Crippen LogP contribution in [0.3, 0.4) is 0 Å². The zero-order valence-electron chi connectivity index (χ0n) is 13.2. The van der Waals surface area contributed by atoms with Crippen LogP contribution in [0, 0.1) is 6.92 Å². The third-order valence-corrected chi connectivity index (χ3v) is 3.81. The molecule has 0 atom stereocenters. The number of ketones is 1. The van der Waals surface area contributed by atoms with Gasteiger partial charge in [0, 0.05) is 20.5 Å². The van der Waals surface area contributed by atoms with Crippen LogP contribution in [0.25, 0.3) is 11.0 Å². The Labute approximate surface area is 132 Å². The molecule has 0 bridgehead atoms. The van der Waals surface area contributed by atoms with Crippen molar-refractivity contribution >= 4 is 22.7 Å². The number of aromatic nitrogens is 4. The molecule has 118 valence electrons. The molecule has 1 aromatic carbocycles. The van der Waals surface area contributed by atoms with Crippen molar-refractivity contribution in [1.29, 1.82) is 0 Å². The van der Waals surface area contributed by atoms with E-state index in [4.69, 9.17) is 0 Å². The summed E-state index contributed by atoms with van der Waals surface area (Å²) in [5.41, 5.74) is 3.43. The minimum absolute atomic E-state index is 0.184. The maximum atomic E-state index is 12.1. The fourth-order valence-electron chi connectivity index (χ4n) is 2.37. The number of imidazole rings is 1. The molecule has 0 aliphatic heterocycles. The molecule has 3 aromatic rings. The lowest BCUT2D eigenvalue weighted by Gasteiger charge is -2.04. The van der Waals surface area contributed by atoms with E-state index in [1.807, 2.05) is 36.7 Å². The first-order valence-corrected chi connectivity index (χ1v) is 7.22. The van der Waals surface area contributed by atoms with Gasteiger partial charge >= 0.3 is 0 Å². The van der Waals surface area contributed by atoms with Gasteiger partial charge in [-0.05, 0) is 30.7 Å². The molecular formula is C16H17N5O2. The summed E-state index contributed by atoms with van der Waals surface area (Å²) >= 11 is 0. The van der Waals surface area contributed by atoms with Gasteiger partial charge in [0.15, 0.2) is 5.78 Å². The van der Waals surface area contributed by atoms with Crippen molar-refractivity contribution in [1.82, 2.24) is 25.1 Å². The molecule has 2 aromatic heterocycles. The Hall–Kier alpha value is -2.96. The standard InChI is InChI=1S/C16H17N5O2/c1-9(22)12-7-14(20-19-12)16(23)17-8-11-4-5-15-13(6-11)18-10(2)21(15)3/h4-7H,8H2,1-3H3,(H,17,23)(H,19,20). The second-order valence-electron chi connectivity index (χ2n) is 5.45. The SMILES string of the molecule is CC(=O)c1cc(C(=O)NCc2ccc3c(c2)nc(C)n3C)[nH]n1. The summed E-state index contributed by atoms with van der Waals surface area (Å²) in [5.74, 6) is 0.453. The van der Waals surface area contributed by atoms with Crippen LogP contribution < -0.4 is 5.32 Å². The van der Waals surface area contributed by atoms with Crippen LogP contribution in [0.1, 0.15) is 39.3 Å². The molecule has 0 spiro atoms. The van der Waals surface area contributed by atoms with Gasteiger partial charge in [0.05, 0.1) is 11.0 Å². The second kappa shape index (κ2) is 5.68. The average Bonchev–Trinajstić information content (AvgIpc) is 3.11. The van der Waals surface area contributed by atoms with Crippen molar-refractivity contribution in [3.05, 3.63) is 47.0 Å². The van der Waals surface area contributed by atoms with Gasteiger partial charge in [-0.2, -0.15) is 5.10 Å². The number of amides is 1. The molecule has 0 unspecified atom stereocenters. The van der Waals surface area contributed by atoms with E-state index in [9.17, 15) is 9.59 Å². The summed E-state index contributed by atoms with van der Waals surface area (Å²) < 4.78 is 2.02. The highest BCUT2D eigenvalue weighted by Gasteiger charge is 2.12. The van der Waals surface area contributed by atoms with Crippen LogP contribution in [0.2, 0.25) is 0 Å². The summed E-state index contributed by atoms with van der Waals surface area (Å²) in [6.45, 7) is 3.73. The van der Waals surface area contributed by atoms with Crippen LogP contribution in [0.15, 0.2) is 24.3 Å². The molecule has 0 fully saturated rings. The number of fused-ring (bicyclic) bond motifs is 1. The van der Waals surface area contributed by atoms with Crippen molar-refractivity contribution in [2.45, 2.75) is 20.4 Å². The van der Waals surface area contributed by atoms with Gasteiger partial charge in [-0.3, -0.25) is 14.7 Å². The Balaban J connectivity index is 1.72. The van der Waals surface area contributed by atoms with Gasteiger partial charge < -0.3 is 9.88 Å². The van der Waals surface area contributed by atoms with Crippen molar-refractivity contribution in [2.75, 3.05) is 0 Å². The third kappa shape index (κ3) is 2.85. The van der Waals surface area contributed by atoms with Crippen LogP contribution in [0.5, 0.6) is 0 Å². The first-order valence-electron chi connectivity index (χ1n) is 7.22. The van der Waals surface area contributed by atoms with Gasteiger partial charge in [-0.15, -0.1) is 0 Å². The molecule has 1 amide bonds. The molecule has 2 N–H and O–H groups in total. The number of nitrogens with zero attached hydrogens (tertiary/aromatic N) is 3. The van der Waals surface area contributed by atoms with Crippen LogP contribution in [0.4, 0.5) is 0 Å². The summed E-state index contributed by atoms with van der Waals surface area (Å²) in [5, 5.41) is 9.16. The predicted molar refractivity (Wildman–Crippen MR) is 85.2 cm³/mol. The summed E-state index contributed by atoms with van der Waals surface area (Å²) in [4.78, 5) is 27.7. The largest absolute Gasteiger partial charge is 0.347 e. The van der Waals surface area contributed by atoms with Crippen molar-refractivity contribution in [3.8, 4) is 0 Å². The number of H-pyrrole nitrogens is 1. The number of rotatable bonds is 4. The van der Waals surface area contributed by atoms with E-state index in [2.05, 4.69) is 20.5 Å². The molecule has 3 rings (SSSR count). The van der Waals surface area contributed by atoms with E-state index in [1.165, 1.54) is 13.0 Å². The fourth-order valence-corrected chi connectivity index (χ4v) is 2.37. The number of nitrogens with one attached hydrogen (secondary N) is 2. The fraction of sp³-hybridized carbons (Fsp3) is 0.250. The van der Waals surface area contributed by atoms with Crippen molar-refractivity contribution < 1.29 is 9.59 Å². The first kappa shape index (κ1) is 15.0. The molecule has 7 nitrogen and oxygen atoms in total. The van der Waals surface area contributed by atoms with Gasteiger partial charge in [-0.25, -0.2) is 4.98 Å². The lowest BCUT2D eigenvalue weighted by atomic mass is 10.2. The number of carbonyl (C=O) groups excluding carboxylic acids is 2. The summed E-state index contributed by atoms with van der Waals surface area (Å²) in [7, 11) is 1.97. The van der Waals surface area contributed by atoms with Gasteiger partial charge in [0.2, 0.25) is 0 Å². The molecule has 0 aliphatic rings.